The lowest BCUT2D eigenvalue weighted by Crippen LogP contribution is -2.44. The molecule has 0 atom stereocenters. The van der Waals surface area contributed by atoms with Crippen molar-refractivity contribution in [3.8, 4) is 0 Å². The Hall–Kier alpha value is -1.92. The molecule has 6 nitrogen and oxygen atoms in total. The van der Waals surface area contributed by atoms with Crippen LogP contribution >= 0.6 is 0 Å². The molecule has 0 aromatic heterocycles. The molecule has 0 aliphatic carbocycles. The van der Waals surface area contributed by atoms with Crippen molar-refractivity contribution >= 4 is 17.4 Å². The summed E-state index contributed by atoms with van der Waals surface area (Å²) in [5.41, 5.74) is 1.87. The van der Waals surface area contributed by atoms with Gasteiger partial charge >= 0.3 is 0 Å². The van der Waals surface area contributed by atoms with Crippen molar-refractivity contribution < 1.29 is 14.3 Å². The molecule has 1 N–H and O–H groups in total. The zero-order valence-electron chi connectivity index (χ0n) is 15.6. The monoisotopic (exact) mass is 359 g/mol. The van der Waals surface area contributed by atoms with E-state index in [1.54, 1.807) is 6.92 Å². The second kappa shape index (κ2) is 9.14. The third kappa shape index (κ3) is 5.05. The second-order valence-corrected chi connectivity index (χ2v) is 7.11. The minimum atomic E-state index is 0.0870. The number of rotatable bonds is 6. The van der Waals surface area contributed by atoms with Crippen LogP contribution in [0.2, 0.25) is 0 Å². The van der Waals surface area contributed by atoms with Crippen LogP contribution in [0.1, 0.15) is 30.1 Å². The molecule has 0 spiro atoms. The Bertz CT molecular complexity index is 603. The summed E-state index contributed by atoms with van der Waals surface area (Å²) in [5.74, 6) is 0.376. The van der Waals surface area contributed by atoms with Crippen LogP contribution in [0.25, 0.3) is 0 Å². The molecular weight excluding hydrogens is 330 g/mol. The molecule has 0 unspecified atom stereocenters. The van der Waals surface area contributed by atoms with Gasteiger partial charge in [0.1, 0.15) is 0 Å². The second-order valence-electron chi connectivity index (χ2n) is 7.11. The average Bonchev–Trinajstić information content (AvgIpc) is 2.69. The molecule has 0 saturated carbocycles. The maximum absolute atomic E-state index is 12.4. The van der Waals surface area contributed by atoms with Crippen LogP contribution in [0, 0.1) is 5.92 Å². The average molecular weight is 359 g/mol. The highest BCUT2D eigenvalue weighted by Crippen LogP contribution is 2.23. The van der Waals surface area contributed by atoms with E-state index < -0.39 is 0 Å². The minimum absolute atomic E-state index is 0.0870. The summed E-state index contributed by atoms with van der Waals surface area (Å²) >= 11 is 0. The molecule has 2 aliphatic heterocycles. The molecule has 26 heavy (non-hydrogen) atoms. The molecule has 6 heteroatoms. The van der Waals surface area contributed by atoms with Gasteiger partial charge in [0.15, 0.2) is 5.78 Å². The predicted molar refractivity (Wildman–Crippen MR) is 102 cm³/mol. The van der Waals surface area contributed by atoms with E-state index in [0.29, 0.717) is 6.54 Å². The Morgan fingerprint density at radius 2 is 1.73 bits per heavy atom. The smallest absolute Gasteiger partial charge is 0.223 e. The summed E-state index contributed by atoms with van der Waals surface area (Å²) in [6, 6.07) is 7.75. The lowest BCUT2D eigenvalue weighted by Gasteiger charge is -2.33. The van der Waals surface area contributed by atoms with Crippen molar-refractivity contribution in [2.45, 2.75) is 19.8 Å². The van der Waals surface area contributed by atoms with Crippen molar-refractivity contribution in [3.63, 3.8) is 0 Å². The number of ether oxygens (including phenoxy) is 1. The summed E-state index contributed by atoms with van der Waals surface area (Å²) in [4.78, 5) is 28.4. The summed E-state index contributed by atoms with van der Waals surface area (Å²) in [6.45, 7) is 8.44. The topological polar surface area (TPSA) is 61.9 Å². The van der Waals surface area contributed by atoms with E-state index in [-0.39, 0.29) is 17.6 Å². The molecule has 2 heterocycles. The van der Waals surface area contributed by atoms with Crippen LogP contribution in [0.4, 0.5) is 5.69 Å². The molecule has 1 aromatic rings. The molecule has 142 valence electrons. The number of morpholine rings is 1. The first-order chi connectivity index (χ1) is 12.6. The van der Waals surface area contributed by atoms with Gasteiger partial charge in [-0.1, -0.05) is 0 Å². The molecule has 3 rings (SSSR count). The quantitative estimate of drug-likeness (QED) is 0.781. The third-order valence-electron chi connectivity index (χ3n) is 5.34. The van der Waals surface area contributed by atoms with E-state index >= 15 is 0 Å². The summed E-state index contributed by atoms with van der Waals surface area (Å²) in [5, 5.41) is 3.10. The summed E-state index contributed by atoms with van der Waals surface area (Å²) in [6.07, 6.45) is 1.75. The van der Waals surface area contributed by atoms with Gasteiger partial charge in [0.05, 0.1) is 13.2 Å². The first-order valence-electron chi connectivity index (χ1n) is 9.57. The fourth-order valence-electron chi connectivity index (χ4n) is 3.61. The van der Waals surface area contributed by atoms with Crippen molar-refractivity contribution in [1.82, 2.24) is 10.2 Å². The molecular formula is C20H29N3O3. The van der Waals surface area contributed by atoms with Crippen molar-refractivity contribution in [2.24, 2.45) is 5.92 Å². The van der Waals surface area contributed by atoms with E-state index in [4.69, 9.17) is 4.74 Å². The lowest BCUT2D eigenvalue weighted by atomic mass is 9.95. The van der Waals surface area contributed by atoms with Crippen molar-refractivity contribution in [2.75, 3.05) is 57.4 Å². The highest BCUT2D eigenvalue weighted by Gasteiger charge is 2.25. The maximum Gasteiger partial charge on any atom is 0.223 e. The standard InChI is InChI=1S/C20H29N3O3/c1-16(24)17-2-4-19(5-3-17)23-9-6-18(7-10-23)20(25)21-8-11-22-12-14-26-15-13-22/h2-5,18H,6-15H2,1H3,(H,21,25). The molecule has 2 saturated heterocycles. The Kier molecular flexibility index (Phi) is 6.63. The third-order valence-corrected chi connectivity index (χ3v) is 5.34. The number of benzene rings is 1. The fourth-order valence-corrected chi connectivity index (χ4v) is 3.61. The van der Waals surface area contributed by atoms with Crippen molar-refractivity contribution in [3.05, 3.63) is 29.8 Å². The van der Waals surface area contributed by atoms with E-state index in [9.17, 15) is 9.59 Å². The first kappa shape index (κ1) is 18.9. The van der Waals surface area contributed by atoms with Gasteiger partial charge in [-0.3, -0.25) is 14.5 Å². The van der Waals surface area contributed by atoms with E-state index in [0.717, 1.165) is 70.0 Å². The highest BCUT2D eigenvalue weighted by molar-refractivity contribution is 5.94. The van der Waals surface area contributed by atoms with Crippen LogP contribution in [0.3, 0.4) is 0 Å². The van der Waals surface area contributed by atoms with Gasteiger partial charge in [0.25, 0.3) is 0 Å². The van der Waals surface area contributed by atoms with E-state index in [2.05, 4.69) is 15.1 Å². The maximum atomic E-state index is 12.4. The van der Waals surface area contributed by atoms with E-state index in [1.165, 1.54) is 0 Å². The zero-order chi connectivity index (χ0) is 18.4. The van der Waals surface area contributed by atoms with Gasteiger partial charge in [-0.25, -0.2) is 0 Å². The first-order valence-corrected chi connectivity index (χ1v) is 9.57. The Balaban J connectivity index is 1.39. The van der Waals surface area contributed by atoms with Crippen LogP contribution in [-0.4, -0.2) is 69.1 Å². The molecule has 1 aromatic carbocycles. The number of nitrogens with one attached hydrogen (secondary N) is 1. The van der Waals surface area contributed by atoms with Gasteiger partial charge in [0.2, 0.25) is 5.91 Å². The molecule has 2 fully saturated rings. The van der Waals surface area contributed by atoms with Crippen LogP contribution < -0.4 is 10.2 Å². The largest absolute Gasteiger partial charge is 0.379 e. The number of carbonyl (C=O) groups excluding carboxylic acids is 2. The van der Waals surface area contributed by atoms with Gasteiger partial charge < -0.3 is 15.0 Å². The Morgan fingerprint density at radius 3 is 2.35 bits per heavy atom. The Labute approximate surface area is 155 Å². The number of carbonyl (C=O) groups is 2. The summed E-state index contributed by atoms with van der Waals surface area (Å²) < 4.78 is 5.34. The number of nitrogens with zero attached hydrogens (tertiary/aromatic N) is 2. The SMILES string of the molecule is CC(=O)c1ccc(N2CCC(C(=O)NCCN3CCOCC3)CC2)cc1. The van der Waals surface area contributed by atoms with Crippen molar-refractivity contribution in [1.29, 1.82) is 0 Å². The van der Waals surface area contributed by atoms with Crippen LogP contribution in [0.5, 0.6) is 0 Å². The number of hydrogen-bond acceptors (Lipinski definition) is 5. The van der Waals surface area contributed by atoms with Crippen LogP contribution in [-0.2, 0) is 9.53 Å². The zero-order valence-corrected chi connectivity index (χ0v) is 15.6. The lowest BCUT2D eigenvalue weighted by molar-refractivity contribution is -0.125. The van der Waals surface area contributed by atoms with E-state index in [1.807, 2.05) is 24.3 Å². The number of hydrogen-bond donors (Lipinski definition) is 1. The number of piperidine rings is 1. The van der Waals surface area contributed by atoms with Crippen LogP contribution in [0.15, 0.2) is 24.3 Å². The number of anilines is 1. The molecule has 0 bridgehead atoms. The number of ketones is 1. The Morgan fingerprint density at radius 1 is 1.08 bits per heavy atom. The summed E-state index contributed by atoms with van der Waals surface area (Å²) in [7, 11) is 0. The predicted octanol–water partition coefficient (Wildman–Crippen LogP) is 1.55. The molecule has 1 amide bonds. The van der Waals surface area contributed by atoms with Gasteiger partial charge in [-0.15, -0.1) is 0 Å². The van der Waals surface area contributed by atoms with Gasteiger partial charge in [-0.05, 0) is 44.0 Å². The number of Topliss-reactive ketones (excluding diaryl/α,β-unsaturated/α-hetero) is 1. The fraction of sp³-hybridized carbons (Fsp3) is 0.600. The van der Waals surface area contributed by atoms with Gasteiger partial charge in [0, 0.05) is 56.4 Å². The highest BCUT2D eigenvalue weighted by atomic mass is 16.5. The van der Waals surface area contributed by atoms with Gasteiger partial charge in [-0.2, -0.15) is 0 Å². The normalized spacial score (nSPS) is 19.3. The minimum Gasteiger partial charge on any atom is -0.379 e. The number of amides is 1. The molecule has 2 aliphatic rings. The molecule has 0 radical (unpaired) electrons.